The minimum atomic E-state index is -0.536. The number of fused-ring (bicyclic) bond motifs is 1. The first-order valence-electron chi connectivity index (χ1n) is 10.4. The van der Waals surface area contributed by atoms with Crippen LogP contribution in [0.4, 0.5) is 0 Å². The Morgan fingerprint density at radius 3 is 2.65 bits per heavy atom. The van der Waals surface area contributed by atoms with E-state index in [1.165, 1.54) is 32.1 Å². The Labute approximate surface area is 158 Å². The number of carbonyl (C=O) groups excluding carboxylic acids is 1. The van der Waals surface area contributed by atoms with E-state index in [4.69, 9.17) is 0 Å². The molecule has 0 aromatic heterocycles. The van der Waals surface area contributed by atoms with Crippen molar-refractivity contribution in [1.82, 2.24) is 10.2 Å². The van der Waals surface area contributed by atoms with Gasteiger partial charge in [-0.05, 0) is 43.2 Å². The van der Waals surface area contributed by atoms with Crippen molar-refractivity contribution in [3.05, 3.63) is 35.9 Å². The van der Waals surface area contributed by atoms with Crippen LogP contribution >= 0.6 is 0 Å². The van der Waals surface area contributed by atoms with E-state index in [1.807, 2.05) is 25.1 Å². The van der Waals surface area contributed by atoms with E-state index < -0.39 is 6.10 Å². The minimum absolute atomic E-state index is 0.0102. The summed E-state index contributed by atoms with van der Waals surface area (Å²) >= 11 is 0. The summed E-state index contributed by atoms with van der Waals surface area (Å²) in [5.74, 6) is 1.72. The number of hydrogen-bond donors (Lipinski definition) is 2. The maximum Gasteiger partial charge on any atom is 0.220 e. The second-order valence-corrected chi connectivity index (χ2v) is 8.14. The van der Waals surface area contributed by atoms with Gasteiger partial charge in [-0.25, -0.2) is 0 Å². The molecule has 26 heavy (non-hydrogen) atoms. The molecule has 1 aromatic carbocycles. The number of amides is 1. The summed E-state index contributed by atoms with van der Waals surface area (Å²) in [7, 11) is 0. The highest BCUT2D eigenvalue weighted by atomic mass is 16.3. The number of carbonyl (C=O) groups is 1. The van der Waals surface area contributed by atoms with Gasteiger partial charge >= 0.3 is 0 Å². The number of benzene rings is 1. The van der Waals surface area contributed by atoms with Gasteiger partial charge < -0.3 is 15.3 Å². The van der Waals surface area contributed by atoms with Crippen molar-refractivity contribution >= 4 is 5.91 Å². The summed E-state index contributed by atoms with van der Waals surface area (Å²) in [4.78, 5) is 14.4. The van der Waals surface area contributed by atoms with Crippen molar-refractivity contribution in [2.75, 3.05) is 19.6 Å². The summed E-state index contributed by atoms with van der Waals surface area (Å²) in [5.41, 5.74) is 1.15. The molecule has 1 saturated heterocycles. The topological polar surface area (TPSA) is 52.6 Å². The average molecular weight is 359 g/mol. The lowest BCUT2D eigenvalue weighted by Gasteiger charge is -2.42. The van der Waals surface area contributed by atoms with E-state index in [0.717, 1.165) is 30.5 Å². The monoisotopic (exact) mass is 358 g/mol. The summed E-state index contributed by atoms with van der Waals surface area (Å²) in [6, 6.07) is 9.90. The third-order valence-corrected chi connectivity index (χ3v) is 6.25. The number of aliphatic hydroxyl groups is 1. The van der Waals surface area contributed by atoms with E-state index in [2.05, 4.69) is 22.3 Å². The summed E-state index contributed by atoms with van der Waals surface area (Å²) in [6.45, 7) is 4.71. The first-order chi connectivity index (χ1) is 12.7. The molecular formula is C22H34N2O2. The van der Waals surface area contributed by atoms with Crippen LogP contribution in [-0.2, 0) is 11.2 Å². The van der Waals surface area contributed by atoms with Crippen molar-refractivity contribution in [3.63, 3.8) is 0 Å². The van der Waals surface area contributed by atoms with Gasteiger partial charge in [-0.2, -0.15) is 0 Å². The second-order valence-electron chi connectivity index (χ2n) is 8.14. The van der Waals surface area contributed by atoms with Crippen LogP contribution in [0.3, 0.4) is 0 Å². The summed E-state index contributed by atoms with van der Waals surface area (Å²) < 4.78 is 0. The molecule has 1 heterocycles. The number of hydrogen-bond acceptors (Lipinski definition) is 3. The number of likely N-dealkylation sites (tertiary alicyclic amines) is 1. The molecule has 2 fully saturated rings. The van der Waals surface area contributed by atoms with Crippen molar-refractivity contribution in [2.45, 2.75) is 64.0 Å². The van der Waals surface area contributed by atoms with Gasteiger partial charge in [0.2, 0.25) is 5.91 Å². The van der Waals surface area contributed by atoms with Crippen LogP contribution in [0.2, 0.25) is 0 Å². The Bertz CT molecular complexity index is 563. The number of rotatable bonds is 7. The van der Waals surface area contributed by atoms with E-state index in [1.54, 1.807) is 0 Å². The van der Waals surface area contributed by atoms with Gasteiger partial charge in [0.1, 0.15) is 0 Å². The fraction of sp³-hybridized carbons (Fsp3) is 0.682. The fourth-order valence-electron chi connectivity index (χ4n) is 4.69. The Morgan fingerprint density at radius 1 is 1.19 bits per heavy atom. The van der Waals surface area contributed by atoms with Crippen molar-refractivity contribution in [2.24, 2.45) is 11.8 Å². The highest BCUT2D eigenvalue weighted by Crippen LogP contribution is 2.36. The van der Waals surface area contributed by atoms with Crippen LogP contribution in [0.1, 0.15) is 51.0 Å². The maximum atomic E-state index is 12.0. The predicted molar refractivity (Wildman–Crippen MR) is 105 cm³/mol. The Kier molecular flexibility index (Phi) is 7.09. The average Bonchev–Trinajstić information content (AvgIpc) is 2.68. The SMILES string of the molecule is CCC(=O)NC(Cc1ccccc1)[C@H](O)CN1CC[C@@H]2CCCC[C@@H]2C1. The first kappa shape index (κ1) is 19.4. The van der Waals surface area contributed by atoms with Gasteiger partial charge in [0.15, 0.2) is 0 Å². The zero-order valence-corrected chi connectivity index (χ0v) is 16.1. The normalized spacial score (nSPS) is 25.9. The molecular weight excluding hydrogens is 324 g/mol. The van der Waals surface area contributed by atoms with Gasteiger partial charge in [-0.15, -0.1) is 0 Å². The lowest BCUT2D eigenvalue weighted by atomic mass is 9.75. The predicted octanol–water partition coefficient (Wildman–Crippen LogP) is 3.00. The largest absolute Gasteiger partial charge is 0.390 e. The van der Waals surface area contributed by atoms with Crippen molar-refractivity contribution in [1.29, 1.82) is 0 Å². The maximum absolute atomic E-state index is 12.0. The van der Waals surface area contributed by atoms with Crippen LogP contribution in [0.25, 0.3) is 0 Å². The molecule has 1 aliphatic carbocycles. The van der Waals surface area contributed by atoms with E-state index in [0.29, 0.717) is 19.4 Å². The lowest BCUT2D eigenvalue weighted by molar-refractivity contribution is -0.122. The molecule has 0 spiro atoms. The van der Waals surface area contributed by atoms with Gasteiger partial charge in [0.05, 0.1) is 12.1 Å². The van der Waals surface area contributed by atoms with Gasteiger partial charge in [0, 0.05) is 19.5 Å². The van der Waals surface area contributed by atoms with Gasteiger partial charge in [0.25, 0.3) is 0 Å². The van der Waals surface area contributed by atoms with Crippen LogP contribution in [-0.4, -0.2) is 47.7 Å². The molecule has 1 aromatic rings. The molecule has 3 rings (SSSR count). The molecule has 4 heteroatoms. The zero-order chi connectivity index (χ0) is 18.4. The summed E-state index contributed by atoms with van der Waals surface area (Å²) in [5, 5.41) is 14.0. The van der Waals surface area contributed by atoms with Gasteiger partial charge in [-0.3, -0.25) is 4.79 Å². The third kappa shape index (κ3) is 5.31. The number of piperidine rings is 1. The quantitative estimate of drug-likeness (QED) is 0.788. The van der Waals surface area contributed by atoms with E-state index in [9.17, 15) is 9.90 Å². The minimum Gasteiger partial charge on any atom is -0.390 e. The second kappa shape index (κ2) is 9.52. The Morgan fingerprint density at radius 2 is 1.92 bits per heavy atom. The number of β-amino-alcohol motifs (C(OH)–C–C–N with tert-alkyl or cyclic N) is 1. The van der Waals surface area contributed by atoms with E-state index in [-0.39, 0.29) is 11.9 Å². The molecule has 4 atom stereocenters. The zero-order valence-electron chi connectivity index (χ0n) is 16.1. The molecule has 144 valence electrons. The third-order valence-electron chi connectivity index (χ3n) is 6.25. The smallest absolute Gasteiger partial charge is 0.220 e. The van der Waals surface area contributed by atoms with E-state index >= 15 is 0 Å². The Hall–Kier alpha value is -1.39. The molecule has 1 saturated carbocycles. The van der Waals surface area contributed by atoms with Crippen molar-refractivity contribution < 1.29 is 9.90 Å². The molecule has 1 unspecified atom stereocenters. The molecule has 1 aliphatic heterocycles. The summed E-state index contributed by atoms with van der Waals surface area (Å²) in [6.07, 6.45) is 7.35. The number of nitrogens with one attached hydrogen (secondary N) is 1. The first-order valence-corrected chi connectivity index (χ1v) is 10.4. The molecule has 0 radical (unpaired) electrons. The fourth-order valence-corrected chi connectivity index (χ4v) is 4.69. The van der Waals surface area contributed by atoms with Gasteiger partial charge in [-0.1, -0.05) is 56.5 Å². The van der Waals surface area contributed by atoms with Crippen LogP contribution in [0, 0.1) is 11.8 Å². The molecule has 4 nitrogen and oxygen atoms in total. The number of nitrogens with zero attached hydrogens (tertiary/aromatic N) is 1. The Balaban J connectivity index is 1.59. The van der Waals surface area contributed by atoms with Crippen LogP contribution in [0.15, 0.2) is 30.3 Å². The molecule has 2 aliphatic rings. The lowest BCUT2D eigenvalue weighted by Crippen LogP contribution is -2.52. The molecule has 1 amide bonds. The standard InChI is InChI=1S/C22H34N2O2/c1-2-22(26)23-20(14-17-8-4-3-5-9-17)21(25)16-24-13-12-18-10-6-7-11-19(18)15-24/h3-5,8-9,18-21,25H,2,6-7,10-16H2,1H3,(H,23,26)/t18-,19+,20?,21+/m0/s1. The highest BCUT2D eigenvalue weighted by molar-refractivity contribution is 5.75. The van der Waals surface area contributed by atoms with Crippen molar-refractivity contribution in [3.8, 4) is 0 Å². The molecule has 0 bridgehead atoms. The molecule has 2 N–H and O–H groups in total. The number of aliphatic hydroxyl groups excluding tert-OH is 1. The van der Waals surface area contributed by atoms with Crippen LogP contribution < -0.4 is 5.32 Å². The highest BCUT2D eigenvalue weighted by Gasteiger charge is 2.33. The van der Waals surface area contributed by atoms with Crippen LogP contribution in [0.5, 0.6) is 0 Å².